The molecular weight excluding hydrogens is 447 g/mol. The molecule has 0 radical (unpaired) electrons. The standard InChI is InChI=1S/C18H23FN6O4S2/c19-14-3-1-5-16(11-14)31(27,28)24-8-6-23(7-9-24)17(26)13-30-18-20-21-22-25(18)12-15-4-2-10-29-15/h1,3,5,11,15H,2,4,6-10,12-13H2. The predicted molar refractivity (Wildman–Crippen MR) is 109 cm³/mol. The summed E-state index contributed by atoms with van der Waals surface area (Å²) in [6, 6.07) is 4.94. The van der Waals surface area contributed by atoms with Crippen LogP contribution < -0.4 is 0 Å². The Bertz CT molecular complexity index is 1020. The molecule has 4 rings (SSSR count). The number of piperazine rings is 1. The maximum Gasteiger partial charge on any atom is 0.243 e. The van der Waals surface area contributed by atoms with Gasteiger partial charge in [0.25, 0.3) is 0 Å². The van der Waals surface area contributed by atoms with Crippen LogP contribution in [0.2, 0.25) is 0 Å². The first-order chi connectivity index (χ1) is 14.9. The minimum absolute atomic E-state index is 0.0825. The molecule has 168 valence electrons. The summed E-state index contributed by atoms with van der Waals surface area (Å²) in [7, 11) is -3.79. The van der Waals surface area contributed by atoms with E-state index in [9.17, 15) is 17.6 Å². The fraction of sp³-hybridized carbons (Fsp3) is 0.556. The molecule has 2 saturated heterocycles. The van der Waals surface area contributed by atoms with Crippen LogP contribution in [0.5, 0.6) is 0 Å². The fourth-order valence-electron chi connectivity index (χ4n) is 3.57. The molecular formula is C18H23FN6O4S2. The van der Waals surface area contributed by atoms with Crippen LogP contribution in [-0.2, 0) is 26.1 Å². The average Bonchev–Trinajstić information content (AvgIpc) is 3.44. The van der Waals surface area contributed by atoms with Crippen molar-refractivity contribution in [2.24, 2.45) is 0 Å². The van der Waals surface area contributed by atoms with Crippen LogP contribution in [0.4, 0.5) is 4.39 Å². The molecule has 1 amide bonds. The predicted octanol–water partition coefficient (Wildman–Crippen LogP) is 0.616. The number of nitrogens with zero attached hydrogens (tertiary/aromatic N) is 6. The van der Waals surface area contributed by atoms with Gasteiger partial charge in [0.05, 0.1) is 23.3 Å². The highest BCUT2D eigenvalue weighted by Crippen LogP contribution is 2.21. The third-order valence-corrected chi connectivity index (χ3v) is 8.09. The number of thioether (sulfide) groups is 1. The normalized spacial score (nSPS) is 20.3. The number of carbonyl (C=O) groups excluding carboxylic acids is 1. The lowest BCUT2D eigenvalue weighted by Gasteiger charge is -2.34. The van der Waals surface area contributed by atoms with E-state index in [1.165, 1.54) is 34.3 Å². The SMILES string of the molecule is O=C(CSc1nnnn1CC1CCCO1)N1CCN(S(=O)(=O)c2cccc(F)c2)CC1. The maximum absolute atomic E-state index is 13.4. The minimum Gasteiger partial charge on any atom is -0.376 e. The van der Waals surface area contributed by atoms with Gasteiger partial charge in [-0.05, 0) is 41.5 Å². The van der Waals surface area contributed by atoms with Crippen LogP contribution in [0.1, 0.15) is 12.8 Å². The van der Waals surface area contributed by atoms with Crippen LogP contribution in [-0.4, -0.2) is 88.4 Å². The Balaban J connectivity index is 1.29. The summed E-state index contributed by atoms with van der Waals surface area (Å²) in [5.41, 5.74) is 0. The lowest BCUT2D eigenvalue weighted by molar-refractivity contribution is -0.129. The number of ether oxygens (including phenoxy) is 1. The van der Waals surface area contributed by atoms with Crippen molar-refractivity contribution in [1.82, 2.24) is 29.4 Å². The average molecular weight is 471 g/mol. The molecule has 2 fully saturated rings. The molecule has 2 aliphatic heterocycles. The lowest BCUT2D eigenvalue weighted by Crippen LogP contribution is -2.51. The van der Waals surface area contributed by atoms with E-state index in [2.05, 4.69) is 15.5 Å². The second kappa shape index (κ2) is 9.59. The number of amides is 1. The number of aromatic nitrogens is 4. The molecule has 1 aromatic heterocycles. The molecule has 10 nitrogen and oxygen atoms in total. The number of hydrogen-bond donors (Lipinski definition) is 0. The number of rotatable bonds is 7. The zero-order valence-electron chi connectivity index (χ0n) is 16.8. The third-order valence-electron chi connectivity index (χ3n) is 5.25. The fourth-order valence-corrected chi connectivity index (χ4v) is 5.81. The van der Waals surface area contributed by atoms with Gasteiger partial charge in [0.1, 0.15) is 5.82 Å². The molecule has 2 aromatic rings. The molecule has 0 aliphatic carbocycles. The second-order valence-corrected chi connectivity index (χ2v) is 10.2. The minimum atomic E-state index is -3.79. The van der Waals surface area contributed by atoms with Crippen LogP contribution in [0.25, 0.3) is 0 Å². The highest BCUT2D eigenvalue weighted by molar-refractivity contribution is 7.99. The summed E-state index contributed by atoms with van der Waals surface area (Å²) in [6.45, 7) is 2.16. The van der Waals surface area contributed by atoms with Gasteiger partial charge >= 0.3 is 0 Å². The van der Waals surface area contributed by atoms with Crippen molar-refractivity contribution in [3.8, 4) is 0 Å². The molecule has 1 unspecified atom stereocenters. The monoisotopic (exact) mass is 470 g/mol. The molecule has 1 atom stereocenters. The highest BCUT2D eigenvalue weighted by atomic mass is 32.2. The summed E-state index contributed by atoms with van der Waals surface area (Å²) in [5, 5.41) is 12.2. The van der Waals surface area contributed by atoms with Gasteiger partial charge in [-0.2, -0.15) is 4.31 Å². The first kappa shape index (κ1) is 22.1. The van der Waals surface area contributed by atoms with E-state index in [0.717, 1.165) is 25.5 Å². The van der Waals surface area contributed by atoms with Gasteiger partial charge in [0.15, 0.2) is 0 Å². The van der Waals surface area contributed by atoms with Crippen molar-refractivity contribution < 1.29 is 22.3 Å². The Kier molecular flexibility index (Phi) is 6.84. The molecule has 1 aromatic carbocycles. The summed E-state index contributed by atoms with van der Waals surface area (Å²) in [4.78, 5) is 14.1. The van der Waals surface area contributed by atoms with Crippen LogP contribution in [0.15, 0.2) is 34.3 Å². The van der Waals surface area contributed by atoms with Gasteiger partial charge in [0.2, 0.25) is 21.1 Å². The zero-order valence-corrected chi connectivity index (χ0v) is 18.4. The Hall–Kier alpha value is -2.09. The summed E-state index contributed by atoms with van der Waals surface area (Å²) in [5.74, 6) is -0.559. The Morgan fingerprint density at radius 1 is 1.26 bits per heavy atom. The quantitative estimate of drug-likeness (QED) is 0.542. The molecule has 0 N–H and O–H groups in total. The highest BCUT2D eigenvalue weighted by Gasteiger charge is 2.30. The first-order valence-corrected chi connectivity index (χ1v) is 12.4. The smallest absolute Gasteiger partial charge is 0.243 e. The molecule has 31 heavy (non-hydrogen) atoms. The van der Waals surface area contributed by atoms with Crippen molar-refractivity contribution in [1.29, 1.82) is 0 Å². The summed E-state index contributed by atoms with van der Waals surface area (Å²) >= 11 is 1.25. The van der Waals surface area contributed by atoms with E-state index in [4.69, 9.17) is 4.74 Å². The van der Waals surface area contributed by atoms with Gasteiger partial charge in [-0.3, -0.25) is 4.79 Å². The lowest BCUT2D eigenvalue weighted by atomic mass is 10.2. The summed E-state index contributed by atoms with van der Waals surface area (Å²) < 4.78 is 47.3. The van der Waals surface area contributed by atoms with Crippen LogP contribution in [0.3, 0.4) is 0 Å². The van der Waals surface area contributed by atoms with Gasteiger partial charge in [0, 0.05) is 32.8 Å². The van der Waals surface area contributed by atoms with E-state index in [0.29, 0.717) is 11.7 Å². The van der Waals surface area contributed by atoms with Crippen LogP contribution >= 0.6 is 11.8 Å². The van der Waals surface area contributed by atoms with Gasteiger partial charge in [-0.1, -0.05) is 17.8 Å². The van der Waals surface area contributed by atoms with Crippen molar-refractivity contribution in [3.63, 3.8) is 0 Å². The van der Waals surface area contributed by atoms with Gasteiger partial charge in [-0.25, -0.2) is 17.5 Å². The Morgan fingerprint density at radius 2 is 2.06 bits per heavy atom. The molecule has 0 bridgehead atoms. The molecule has 0 saturated carbocycles. The molecule has 0 spiro atoms. The number of sulfonamides is 1. The first-order valence-electron chi connectivity index (χ1n) is 9.97. The molecule has 2 aliphatic rings. The zero-order chi connectivity index (χ0) is 21.8. The van der Waals surface area contributed by atoms with Crippen LogP contribution in [0, 0.1) is 5.82 Å². The van der Waals surface area contributed by atoms with Gasteiger partial charge in [-0.15, -0.1) is 5.10 Å². The molecule has 3 heterocycles. The largest absolute Gasteiger partial charge is 0.376 e. The molecule has 13 heteroatoms. The number of benzene rings is 1. The van der Waals surface area contributed by atoms with E-state index >= 15 is 0 Å². The van der Waals surface area contributed by atoms with Crippen molar-refractivity contribution in [2.75, 3.05) is 38.5 Å². The topological polar surface area (TPSA) is 111 Å². The van der Waals surface area contributed by atoms with Crippen molar-refractivity contribution in [3.05, 3.63) is 30.1 Å². The number of hydrogen-bond acceptors (Lipinski definition) is 8. The second-order valence-electron chi connectivity index (χ2n) is 7.31. The summed E-state index contributed by atoms with van der Waals surface area (Å²) in [6.07, 6.45) is 2.08. The van der Waals surface area contributed by atoms with E-state index in [1.807, 2.05) is 0 Å². The number of tetrazole rings is 1. The van der Waals surface area contributed by atoms with Crippen molar-refractivity contribution in [2.45, 2.75) is 35.5 Å². The van der Waals surface area contributed by atoms with E-state index < -0.39 is 15.8 Å². The number of halogens is 1. The Labute approximate surface area is 183 Å². The maximum atomic E-state index is 13.4. The third kappa shape index (κ3) is 5.22. The number of carbonyl (C=O) groups is 1. The van der Waals surface area contributed by atoms with E-state index in [-0.39, 0.29) is 48.8 Å². The Morgan fingerprint density at radius 3 is 2.77 bits per heavy atom. The van der Waals surface area contributed by atoms with E-state index in [1.54, 1.807) is 9.58 Å². The van der Waals surface area contributed by atoms with Gasteiger partial charge < -0.3 is 9.64 Å². The van der Waals surface area contributed by atoms with Crippen molar-refractivity contribution >= 4 is 27.7 Å².